The molecular formula is C13H20N4. The maximum Gasteiger partial charge on any atom is 0.183 e. The zero-order valence-electron chi connectivity index (χ0n) is 10.7. The van der Waals surface area contributed by atoms with E-state index < -0.39 is 0 Å². The van der Waals surface area contributed by atoms with E-state index in [2.05, 4.69) is 34.8 Å². The van der Waals surface area contributed by atoms with Gasteiger partial charge in [-0.25, -0.2) is 9.97 Å². The second kappa shape index (κ2) is 7.61. The van der Waals surface area contributed by atoms with Gasteiger partial charge in [0, 0.05) is 25.5 Å². The molecule has 4 nitrogen and oxygen atoms in total. The summed E-state index contributed by atoms with van der Waals surface area (Å²) in [5.74, 6) is 0.733. The minimum Gasteiger partial charge on any atom is -0.354 e. The van der Waals surface area contributed by atoms with E-state index in [1.807, 2.05) is 0 Å². The van der Waals surface area contributed by atoms with E-state index in [0.29, 0.717) is 5.69 Å². The summed E-state index contributed by atoms with van der Waals surface area (Å²) in [6.07, 6.45) is 7.74. The predicted molar refractivity (Wildman–Crippen MR) is 68.8 cm³/mol. The lowest BCUT2D eigenvalue weighted by molar-refractivity contribution is 0.669. The van der Waals surface area contributed by atoms with E-state index in [4.69, 9.17) is 5.26 Å². The molecule has 0 aliphatic carbocycles. The fourth-order valence-electron chi connectivity index (χ4n) is 1.66. The van der Waals surface area contributed by atoms with Gasteiger partial charge < -0.3 is 4.90 Å². The van der Waals surface area contributed by atoms with Crippen LogP contribution in [0.15, 0.2) is 12.4 Å². The van der Waals surface area contributed by atoms with Crippen LogP contribution in [0.1, 0.15) is 45.2 Å². The molecular weight excluding hydrogens is 212 g/mol. The molecule has 0 aliphatic rings. The van der Waals surface area contributed by atoms with Crippen LogP contribution in [-0.2, 0) is 0 Å². The molecule has 0 fully saturated rings. The Morgan fingerprint density at radius 2 is 1.71 bits per heavy atom. The van der Waals surface area contributed by atoms with Crippen LogP contribution in [0.3, 0.4) is 0 Å². The average molecular weight is 232 g/mol. The molecule has 0 saturated heterocycles. The Hall–Kier alpha value is -1.63. The second-order valence-corrected chi connectivity index (χ2v) is 4.03. The summed E-state index contributed by atoms with van der Waals surface area (Å²) in [5, 5.41) is 9.04. The first-order chi connectivity index (χ1) is 8.33. The van der Waals surface area contributed by atoms with Gasteiger partial charge in [0.15, 0.2) is 11.5 Å². The highest BCUT2D eigenvalue weighted by molar-refractivity contribution is 5.49. The summed E-state index contributed by atoms with van der Waals surface area (Å²) in [6.45, 7) is 6.23. The zero-order valence-corrected chi connectivity index (χ0v) is 10.7. The molecule has 0 spiro atoms. The summed E-state index contributed by atoms with van der Waals surface area (Å²) in [6, 6.07) is 2.11. The Bertz CT molecular complexity index is 362. The first kappa shape index (κ1) is 13.4. The number of rotatable bonds is 7. The highest BCUT2D eigenvalue weighted by Crippen LogP contribution is 2.15. The first-order valence-corrected chi connectivity index (χ1v) is 6.29. The van der Waals surface area contributed by atoms with Crippen molar-refractivity contribution in [3.05, 3.63) is 18.1 Å². The van der Waals surface area contributed by atoms with Crippen molar-refractivity contribution in [2.45, 2.75) is 39.5 Å². The zero-order chi connectivity index (χ0) is 12.5. The lowest BCUT2D eigenvalue weighted by Crippen LogP contribution is -2.27. The van der Waals surface area contributed by atoms with E-state index in [0.717, 1.165) is 44.6 Å². The van der Waals surface area contributed by atoms with Crippen LogP contribution in [0.25, 0.3) is 0 Å². The summed E-state index contributed by atoms with van der Waals surface area (Å²) in [7, 11) is 0. The van der Waals surface area contributed by atoms with Crippen LogP contribution in [-0.4, -0.2) is 23.1 Å². The van der Waals surface area contributed by atoms with Gasteiger partial charge >= 0.3 is 0 Å². The van der Waals surface area contributed by atoms with Gasteiger partial charge in [-0.1, -0.05) is 26.7 Å². The Balaban J connectivity index is 2.83. The van der Waals surface area contributed by atoms with E-state index in [9.17, 15) is 0 Å². The van der Waals surface area contributed by atoms with Crippen molar-refractivity contribution in [3.8, 4) is 6.07 Å². The molecule has 1 rings (SSSR count). The molecule has 0 unspecified atom stereocenters. The predicted octanol–water partition coefficient (Wildman–Crippen LogP) is 2.75. The number of aromatic nitrogens is 2. The van der Waals surface area contributed by atoms with Crippen molar-refractivity contribution < 1.29 is 0 Å². The Morgan fingerprint density at radius 3 is 2.24 bits per heavy atom. The molecule has 0 N–H and O–H groups in total. The van der Waals surface area contributed by atoms with Gasteiger partial charge in [-0.3, -0.25) is 0 Å². The topological polar surface area (TPSA) is 52.8 Å². The lowest BCUT2D eigenvalue weighted by Gasteiger charge is -2.23. The van der Waals surface area contributed by atoms with Crippen molar-refractivity contribution in [3.63, 3.8) is 0 Å². The number of unbranched alkanes of at least 4 members (excludes halogenated alkanes) is 2. The van der Waals surface area contributed by atoms with E-state index in [1.54, 1.807) is 12.4 Å². The highest BCUT2D eigenvalue weighted by Gasteiger charge is 2.12. The Morgan fingerprint density at radius 1 is 1.12 bits per heavy atom. The van der Waals surface area contributed by atoms with Gasteiger partial charge in [-0.2, -0.15) is 5.26 Å². The third-order valence-electron chi connectivity index (χ3n) is 2.65. The van der Waals surface area contributed by atoms with Crippen LogP contribution in [0.2, 0.25) is 0 Å². The minimum absolute atomic E-state index is 0.430. The van der Waals surface area contributed by atoms with E-state index in [1.165, 1.54) is 0 Å². The highest BCUT2D eigenvalue weighted by atomic mass is 15.2. The van der Waals surface area contributed by atoms with Gasteiger partial charge in [0.2, 0.25) is 0 Å². The number of nitriles is 1. The number of hydrogen-bond donors (Lipinski definition) is 0. The van der Waals surface area contributed by atoms with Crippen LogP contribution < -0.4 is 4.90 Å². The van der Waals surface area contributed by atoms with Gasteiger partial charge in [-0.05, 0) is 12.8 Å². The Kier molecular flexibility index (Phi) is 6.02. The normalized spacial score (nSPS) is 9.94. The molecule has 1 heterocycles. The monoisotopic (exact) mass is 232 g/mol. The van der Waals surface area contributed by atoms with Crippen molar-refractivity contribution in [1.82, 2.24) is 9.97 Å². The summed E-state index contributed by atoms with van der Waals surface area (Å²) >= 11 is 0. The van der Waals surface area contributed by atoms with Crippen molar-refractivity contribution in [1.29, 1.82) is 5.26 Å². The molecule has 1 aromatic rings. The van der Waals surface area contributed by atoms with E-state index in [-0.39, 0.29) is 0 Å². The number of hydrogen-bond acceptors (Lipinski definition) is 4. The van der Waals surface area contributed by atoms with E-state index >= 15 is 0 Å². The van der Waals surface area contributed by atoms with Crippen LogP contribution in [0.4, 0.5) is 5.82 Å². The van der Waals surface area contributed by atoms with Gasteiger partial charge in [0.25, 0.3) is 0 Å². The van der Waals surface area contributed by atoms with Crippen molar-refractivity contribution in [2.24, 2.45) is 0 Å². The minimum atomic E-state index is 0.430. The fourth-order valence-corrected chi connectivity index (χ4v) is 1.66. The summed E-state index contributed by atoms with van der Waals surface area (Å²) in [5.41, 5.74) is 0.430. The molecule has 0 aromatic carbocycles. The molecule has 4 heteroatoms. The average Bonchev–Trinajstić information content (AvgIpc) is 2.39. The molecule has 0 saturated carbocycles. The molecule has 0 aliphatic heterocycles. The molecule has 92 valence electrons. The van der Waals surface area contributed by atoms with Crippen LogP contribution >= 0.6 is 0 Å². The maximum absolute atomic E-state index is 9.04. The quantitative estimate of drug-likeness (QED) is 0.725. The maximum atomic E-state index is 9.04. The third kappa shape index (κ3) is 4.03. The molecule has 0 atom stereocenters. The van der Waals surface area contributed by atoms with Crippen molar-refractivity contribution in [2.75, 3.05) is 18.0 Å². The van der Waals surface area contributed by atoms with Gasteiger partial charge in [0.1, 0.15) is 6.07 Å². The molecule has 17 heavy (non-hydrogen) atoms. The third-order valence-corrected chi connectivity index (χ3v) is 2.65. The largest absolute Gasteiger partial charge is 0.354 e. The SMILES string of the molecule is CCCCN(CCCC)c1nccnc1C#N. The van der Waals surface area contributed by atoms with Crippen LogP contribution in [0.5, 0.6) is 0 Å². The molecule has 1 aromatic heterocycles. The second-order valence-electron chi connectivity index (χ2n) is 4.03. The van der Waals surface area contributed by atoms with Gasteiger partial charge in [-0.15, -0.1) is 0 Å². The smallest absolute Gasteiger partial charge is 0.183 e. The fraction of sp³-hybridized carbons (Fsp3) is 0.615. The van der Waals surface area contributed by atoms with Crippen LogP contribution in [0, 0.1) is 11.3 Å². The number of anilines is 1. The first-order valence-electron chi connectivity index (χ1n) is 6.29. The summed E-state index contributed by atoms with van der Waals surface area (Å²) < 4.78 is 0. The standard InChI is InChI=1S/C13H20N4/c1-3-5-9-17(10-6-4-2)13-12(11-14)15-7-8-16-13/h7-8H,3-6,9-10H2,1-2H3. The molecule has 0 amide bonds. The summed E-state index contributed by atoms with van der Waals surface area (Å²) in [4.78, 5) is 10.5. The lowest BCUT2D eigenvalue weighted by atomic mass is 10.2. The van der Waals surface area contributed by atoms with Gasteiger partial charge in [0.05, 0.1) is 0 Å². The Labute approximate surface area is 103 Å². The molecule has 0 radical (unpaired) electrons. The van der Waals surface area contributed by atoms with Crippen molar-refractivity contribution >= 4 is 5.82 Å². The molecule has 0 bridgehead atoms. The number of nitrogens with zero attached hydrogens (tertiary/aromatic N) is 4.